The molecule has 5 nitrogen and oxygen atoms in total. The number of methoxy groups -OCH3 is 1. The molecule has 0 aliphatic rings. The fraction of sp³-hybridized carbons (Fsp3) is 0.357. The number of carbonyl (C=O) groups is 2. The van der Waals surface area contributed by atoms with Crippen LogP contribution in [-0.2, 0) is 14.3 Å². The van der Waals surface area contributed by atoms with Crippen LogP contribution in [0.4, 0.5) is 5.69 Å². The second-order valence-electron chi connectivity index (χ2n) is 4.05. The summed E-state index contributed by atoms with van der Waals surface area (Å²) in [6, 6.07) is 9.28. The fourth-order valence-electron chi connectivity index (χ4n) is 1.64. The molecule has 0 bridgehead atoms. The molecule has 100 valence electrons. The van der Waals surface area contributed by atoms with E-state index in [9.17, 15) is 9.59 Å². The third kappa shape index (κ3) is 4.43. The molecule has 0 aromatic heterocycles. The Kier molecular flexibility index (Phi) is 5.55. The first-order valence-electron chi connectivity index (χ1n) is 5.89. The number of anilines is 1. The van der Waals surface area contributed by atoms with Gasteiger partial charge in [-0.2, -0.15) is 5.26 Å². The van der Waals surface area contributed by atoms with Crippen molar-refractivity contribution in [2.24, 2.45) is 0 Å². The summed E-state index contributed by atoms with van der Waals surface area (Å²) in [6.45, 7) is 1.87. The van der Waals surface area contributed by atoms with Gasteiger partial charge < -0.3 is 4.74 Å². The first kappa shape index (κ1) is 14.7. The van der Waals surface area contributed by atoms with Gasteiger partial charge >= 0.3 is 5.97 Å². The molecule has 1 amide bonds. The summed E-state index contributed by atoms with van der Waals surface area (Å²) in [4.78, 5) is 24.4. The zero-order valence-electron chi connectivity index (χ0n) is 11.0. The van der Waals surface area contributed by atoms with Crippen LogP contribution in [-0.4, -0.2) is 25.5 Å². The van der Waals surface area contributed by atoms with E-state index in [1.807, 2.05) is 31.2 Å². The van der Waals surface area contributed by atoms with E-state index in [-0.39, 0.29) is 25.3 Å². The summed E-state index contributed by atoms with van der Waals surface area (Å²) in [7, 11) is 1.28. The summed E-state index contributed by atoms with van der Waals surface area (Å²) >= 11 is 0. The van der Waals surface area contributed by atoms with Crippen molar-refractivity contribution in [3.8, 4) is 6.07 Å². The maximum Gasteiger partial charge on any atom is 0.306 e. The van der Waals surface area contributed by atoms with Gasteiger partial charge in [0.25, 0.3) is 0 Å². The number of carbonyl (C=O) groups excluding carboxylic acids is 2. The maximum atomic E-state index is 12.0. The van der Waals surface area contributed by atoms with Crippen molar-refractivity contribution < 1.29 is 14.3 Å². The Bertz CT molecular complexity index is 506. The molecule has 0 atom stereocenters. The number of rotatable bonds is 5. The van der Waals surface area contributed by atoms with Gasteiger partial charge in [-0.1, -0.05) is 12.1 Å². The van der Waals surface area contributed by atoms with E-state index in [4.69, 9.17) is 5.26 Å². The van der Waals surface area contributed by atoms with Crippen molar-refractivity contribution in [3.05, 3.63) is 29.8 Å². The molecule has 0 heterocycles. The number of nitrogens with zero attached hydrogens (tertiary/aromatic N) is 2. The summed E-state index contributed by atoms with van der Waals surface area (Å²) < 4.78 is 4.49. The first-order valence-corrected chi connectivity index (χ1v) is 5.89. The lowest BCUT2D eigenvalue weighted by atomic mass is 10.2. The lowest BCUT2D eigenvalue weighted by Crippen LogP contribution is -2.31. The predicted octanol–water partition coefficient (Wildman–Crippen LogP) is 1.80. The van der Waals surface area contributed by atoms with E-state index < -0.39 is 5.97 Å². The molecule has 0 spiro atoms. The number of ether oxygens (including phenoxy) is 1. The zero-order chi connectivity index (χ0) is 14.3. The van der Waals surface area contributed by atoms with Crippen molar-refractivity contribution in [2.45, 2.75) is 19.8 Å². The van der Waals surface area contributed by atoms with E-state index in [0.717, 1.165) is 5.56 Å². The Morgan fingerprint density at radius 1 is 1.37 bits per heavy atom. The van der Waals surface area contributed by atoms with Gasteiger partial charge in [-0.25, -0.2) is 0 Å². The normalized spacial score (nSPS) is 9.53. The van der Waals surface area contributed by atoms with Crippen LogP contribution >= 0.6 is 0 Å². The van der Waals surface area contributed by atoms with E-state index in [0.29, 0.717) is 5.69 Å². The molecule has 19 heavy (non-hydrogen) atoms. The number of hydrogen-bond donors (Lipinski definition) is 0. The van der Waals surface area contributed by atoms with Crippen LogP contribution in [0.2, 0.25) is 0 Å². The highest BCUT2D eigenvalue weighted by Crippen LogP contribution is 2.17. The van der Waals surface area contributed by atoms with Crippen LogP contribution in [0, 0.1) is 18.3 Å². The van der Waals surface area contributed by atoms with Crippen LogP contribution in [0.5, 0.6) is 0 Å². The number of hydrogen-bond acceptors (Lipinski definition) is 4. The van der Waals surface area contributed by atoms with Gasteiger partial charge in [0.05, 0.1) is 19.6 Å². The molecule has 0 saturated heterocycles. The van der Waals surface area contributed by atoms with Gasteiger partial charge in [-0.05, 0) is 24.6 Å². The van der Waals surface area contributed by atoms with E-state index in [1.165, 1.54) is 12.0 Å². The first-order chi connectivity index (χ1) is 9.08. The smallest absolute Gasteiger partial charge is 0.306 e. The Morgan fingerprint density at radius 2 is 2.11 bits per heavy atom. The molecular formula is C14H16N2O3. The van der Waals surface area contributed by atoms with Crippen LogP contribution in [0.1, 0.15) is 18.4 Å². The Hall–Kier alpha value is -2.35. The molecule has 0 unspecified atom stereocenters. The largest absolute Gasteiger partial charge is 0.469 e. The molecule has 1 aromatic rings. The third-order valence-corrected chi connectivity index (χ3v) is 2.61. The Labute approximate surface area is 112 Å². The van der Waals surface area contributed by atoms with E-state index in [2.05, 4.69) is 4.74 Å². The average Bonchev–Trinajstić information content (AvgIpc) is 2.41. The van der Waals surface area contributed by atoms with Gasteiger partial charge in [0, 0.05) is 12.1 Å². The molecule has 5 heteroatoms. The standard InChI is InChI=1S/C14H16N2O3/c1-11-4-3-5-12(10-11)16(9-8-15)13(17)6-7-14(18)19-2/h3-5,10H,6-7,9H2,1-2H3. The quantitative estimate of drug-likeness (QED) is 0.598. The SMILES string of the molecule is COC(=O)CCC(=O)N(CC#N)c1cccc(C)c1. The molecule has 0 aliphatic heterocycles. The monoisotopic (exact) mass is 260 g/mol. The van der Waals surface area contributed by atoms with Crippen molar-refractivity contribution in [1.82, 2.24) is 0 Å². The van der Waals surface area contributed by atoms with Crippen molar-refractivity contribution in [1.29, 1.82) is 5.26 Å². The number of nitriles is 1. The highest BCUT2D eigenvalue weighted by molar-refractivity contribution is 5.95. The van der Waals surface area contributed by atoms with E-state index >= 15 is 0 Å². The molecule has 0 saturated carbocycles. The van der Waals surface area contributed by atoms with Crippen molar-refractivity contribution >= 4 is 17.6 Å². The van der Waals surface area contributed by atoms with Crippen LogP contribution in [0.15, 0.2) is 24.3 Å². The Balaban J connectivity index is 2.80. The second kappa shape index (κ2) is 7.17. The molecule has 1 rings (SSSR count). The number of benzene rings is 1. The lowest BCUT2D eigenvalue weighted by Gasteiger charge is -2.20. The van der Waals surface area contributed by atoms with Gasteiger partial charge in [-0.15, -0.1) is 0 Å². The fourth-order valence-corrected chi connectivity index (χ4v) is 1.64. The topological polar surface area (TPSA) is 70.4 Å². The number of amides is 1. The molecule has 0 aliphatic carbocycles. The van der Waals surface area contributed by atoms with Crippen LogP contribution < -0.4 is 4.90 Å². The molecule has 1 aromatic carbocycles. The summed E-state index contributed by atoms with van der Waals surface area (Å²) in [5.74, 6) is -0.702. The number of aryl methyl sites for hydroxylation is 1. The van der Waals surface area contributed by atoms with Crippen LogP contribution in [0.3, 0.4) is 0 Å². The van der Waals surface area contributed by atoms with Gasteiger partial charge in [-0.3, -0.25) is 14.5 Å². The van der Waals surface area contributed by atoms with Gasteiger partial charge in [0.15, 0.2) is 0 Å². The van der Waals surface area contributed by atoms with Crippen molar-refractivity contribution in [3.63, 3.8) is 0 Å². The van der Waals surface area contributed by atoms with E-state index in [1.54, 1.807) is 6.07 Å². The van der Waals surface area contributed by atoms with Gasteiger partial charge in [0.1, 0.15) is 6.54 Å². The summed E-state index contributed by atoms with van der Waals surface area (Å²) in [5, 5.41) is 8.80. The minimum absolute atomic E-state index is 0.0169. The summed E-state index contributed by atoms with van der Waals surface area (Å²) in [5.41, 5.74) is 1.66. The minimum Gasteiger partial charge on any atom is -0.469 e. The average molecular weight is 260 g/mol. The predicted molar refractivity (Wildman–Crippen MR) is 70.4 cm³/mol. The molecule has 0 radical (unpaired) electrons. The molecule has 0 N–H and O–H groups in total. The Morgan fingerprint density at radius 3 is 2.68 bits per heavy atom. The highest BCUT2D eigenvalue weighted by Gasteiger charge is 2.16. The van der Waals surface area contributed by atoms with Crippen LogP contribution in [0.25, 0.3) is 0 Å². The summed E-state index contributed by atoms with van der Waals surface area (Å²) in [6.07, 6.45) is 0.0470. The molecule has 0 fully saturated rings. The van der Waals surface area contributed by atoms with Crippen molar-refractivity contribution in [2.75, 3.05) is 18.6 Å². The lowest BCUT2D eigenvalue weighted by molar-refractivity contribution is -0.141. The minimum atomic E-state index is -0.436. The highest BCUT2D eigenvalue weighted by atomic mass is 16.5. The third-order valence-electron chi connectivity index (χ3n) is 2.61. The second-order valence-corrected chi connectivity index (χ2v) is 4.05. The van der Waals surface area contributed by atoms with Gasteiger partial charge in [0.2, 0.25) is 5.91 Å². The molecular weight excluding hydrogens is 244 g/mol. The maximum absolute atomic E-state index is 12.0. The number of esters is 1. The zero-order valence-corrected chi connectivity index (χ0v) is 11.0.